The molecule has 0 bridgehead atoms. The van der Waals surface area contributed by atoms with Crippen molar-refractivity contribution in [2.45, 2.75) is 39.3 Å². The van der Waals surface area contributed by atoms with Crippen LogP contribution in [0, 0.1) is 0 Å². The van der Waals surface area contributed by atoms with Gasteiger partial charge in [0.2, 0.25) is 0 Å². The smallest absolute Gasteiger partial charge is 0.361 e. The molecule has 0 fully saturated rings. The molecule has 2 heterocycles. The first-order valence-corrected chi connectivity index (χ1v) is 6.01. The van der Waals surface area contributed by atoms with Gasteiger partial charge in [-0.1, -0.05) is 0 Å². The predicted octanol–water partition coefficient (Wildman–Crippen LogP) is 1.57. The van der Waals surface area contributed by atoms with Gasteiger partial charge in [0.25, 0.3) is 0 Å². The second-order valence-corrected chi connectivity index (χ2v) is 5.22. The van der Waals surface area contributed by atoms with Crippen molar-refractivity contribution in [2.75, 3.05) is 0 Å². The summed E-state index contributed by atoms with van der Waals surface area (Å²) in [6.45, 7) is 7.31. The van der Waals surface area contributed by atoms with E-state index in [4.69, 9.17) is 4.74 Å². The Morgan fingerprint density at radius 2 is 2.16 bits per heavy atom. The number of aromatic amines is 1. The predicted molar refractivity (Wildman–Crippen MR) is 67.6 cm³/mol. The molecule has 0 aliphatic carbocycles. The third kappa shape index (κ3) is 2.98. The maximum absolute atomic E-state index is 12.0. The van der Waals surface area contributed by atoms with Crippen LogP contribution in [0.15, 0.2) is 18.5 Å². The van der Waals surface area contributed by atoms with E-state index >= 15 is 0 Å². The molecule has 0 amide bonds. The maximum Gasteiger partial charge on any atom is 0.361 e. The Bertz CT molecular complexity index is 553. The first-order valence-electron chi connectivity index (χ1n) is 6.01. The number of aromatic nitrogens is 5. The van der Waals surface area contributed by atoms with E-state index in [9.17, 15) is 4.79 Å². The summed E-state index contributed by atoms with van der Waals surface area (Å²) in [4.78, 5) is 12.0. The van der Waals surface area contributed by atoms with Crippen molar-refractivity contribution in [3.63, 3.8) is 0 Å². The Hall–Kier alpha value is -2.18. The highest BCUT2D eigenvalue weighted by molar-refractivity contribution is 5.88. The number of carbonyl (C=O) groups excluding carboxylic acids is 1. The minimum Gasteiger partial charge on any atom is -0.455 e. The Morgan fingerprint density at radius 1 is 1.42 bits per heavy atom. The van der Waals surface area contributed by atoms with Crippen molar-refractivity contribution >= 4 is 5.97 Å². The minimum atomic E-state index is -0.567. The molecule has 102 valence electrons. The van der Waals surface area contributed by atoms with Crippen molar-refractivity contribution in [3.8, 4) is 0 Å². The quantitative estimate of drug-likeness (QED) is 0.849. The van der Waals surface area contributed by atoms with Gasteiger partial charge in [0, 0.05) is 12.4 Å². The number of esters is 1. The molecule has 2 aromatic rings. The molecule has 7 nitrogen and oxygen atoms in total. The van der Waals surface area contributed by atoms with Crippen molar-refractivity contribution in [1.29, 1.82) is 0 Å². The van der Waals surface area contributed by atoms with Crippen LogP contribution in [-0.2, 0) is 4.74 Å². The van der Waals surface area contributed by atoms with Crippen molar-refractivity contribution < 1.29 is 9.53 Å². The fourth-order valence-electron chi connectivity index (χ4n) is 1.64. The maximum atomic E-state index is 12.0. The van der Waals surface area contributed by atoms with E-state index in [1.165, 1.54) is 0 Å². The average Bonchev–Trinajstić information content (AvgIpc) is 2.97. The van der Waals surface area contributed by atoms with Gasteiger partial charge in [0.05, 0.1) is 6.04 Å². The standard InChI is InChI=1S/C12H17N5O2/c1-8(17-7-5-6-13-17)9-10(15-16-14-9)11(18)19-12(2,3)4/h5-8H,1-4H3,(H,14,15,16). The van der Waals surface area contributed by atoms with Gasteiger partial charge in [-0.05, 0) is 33.8 Å². The first kappa shape index (κ1) is 13.3. The molecule has 0 spiro atoms. The van der Waals surface area contributed by atoms with Gasteiger partial charge in [-0.15, -0.1) is 5.10 Å². The van der Waals surface area contributed by atoms with Crippen LogP contribution in [0.2, 0.25) is 0 Å². The van der Waals surface area contributed by atoms with E-state index in [2.05, 4.69) is 20.5 Å². The van der Waals surface area contributed by atoms with Crippen LogP contribution in [0.5, 0.6) is 0 Å². The molecule has 1 unspecified atom stereocenters. The van der Waals surface area contributed by atoms with Crippen molar-refractivity contribution in [1.82, 2.24) is 25.2 Å². The Kier molecular flexibility index (Phi) is 3.37. The normalized spacial score (nSPS) is 13.3. The molecule has 0 aliphatic rings. The monoisotopic (exact) mass is 263 g/mol. The zero-order valence-electron chi connectivity index (χ0n) is 11.4. The van der Waals surface area contributed by atoms with Crippen LogP contribution in [0.3, 0.4) is 0 Å². The molecule has 2 aromatic heterocycles. The topological polar surface area (TPSA) is 85.7 Å². The lowest BCUT2D eigenvalue weighted by atomic mass is 10.1. The van der Waals surface area contributed by atoms with E-state index in [0.29, 0.717) is 5.69 Å². The van der Waals surface area contributed by atoms with Gasteiger partial charge in [-0.2, -0.15) is 15.4 Å². The number of hydrogen-bond donors (Lipinski definition) is 1. The second-order valence-electron chi connectivity index (χ2n) is 5.22. The molecular weight excluding hydrogens is 246 g/mol. The molecule has 7 heteroatoms. The van der Waals surface area contributed by atoms with Crippen LogP contribution < -0.4 is 0 Å². The molecule has 0 saturated heterocycles. The molecule has 0 saturated carbocycles. The fraction of sp³-hybridized carbons (Fsp3) is 0.500. The van der Waals surface area contributed by atoms with Crippen LogP contribution in [0.25, 0.3) is 0 Å². The Labute approximate surface area is 111 Å². The Balaban J connectivity index is 2.25. The highest BCUT2D eigenvalue weighted by Crippen LogP contribution is 2.19. The third-order valence-corrected chi connectivity index (χ3v) is 2.48. The van der Waals surface area contributed by atoms with E-state index in [1.54, 1.807) is 17.1 Å². The van der Waals surface area contributed by atoms with E-state index in [1.807, 2.05) is 33.8 Å². The van der Waals surface area contributed by atoms with Gasteiger partial charge in [-0.3, -0.25) is 4.68 Å². The summed E-state index contributed by atoms with van der Waals surface area (Å²) in [5.74, 6) is -0.491. The highest BCUT2D eigenvalue weighted by Gasteiger charge is 2.26. The van der Waals surface area contributed by atoms with E-state index < -0.39 is 11.6 Å². The molecule has 0 radical (unpaired) electrons. The Morgan fingerprint density at radius 3 is 2.74 bits per heavy atom. The molecule has 0 aromatic carbocycles. The molecular formula is C12H17N5O2. The van der Waals surface area contributed by atoms with E-state index in [-0.39, 0.29) is 11.7 Å². The zero-order chi connectivity index (χ0) is 14.0. The average molecular weight is 263 g/mol. The number of ether oxygens (including phenoxy) is 1. The summed E-state index contributed by atoms with van der Waals surface area (Å²) in [6, 6.07) is 1.61. The van der Waals surface area contributed by atoms with Crippen LogP contribution in [0.1, 0.15) is 49.9 Å². The molecule has 1 atom stereocenters. The number of nitrogens with one attached hydrogen (secondary N) is 1. The third-order valence-electron chi connectivity index (χ3n) is 2.48. The van der Waals surface area contributed by atoms with Gasteiger partial charge < -0.3 is 4.74 Å². The second kappa shape index (κ2) is 4.83. The lowest BCUT2D eigenvalue weighted by Crippen LogP contribution is -2.25. The van der Waals surface area contributed by atoms with Crippen molar-refractivity contribution in [2.24, 2.45) is 0 Å². The summed E-state index contributed by atoms with van der Waals surface area (Å²) in [7, 11) is 0. The summed E-state index contributed by atoms with van der Waals surface area (Å²) < 4.78 is 7.00. The number of rotatable bonds is 3. The zero-order valence-corrected chi connectivity index (χ0v) is 11.4. The van der Waals surface area contributed by atoms with Gasteiger partial charge >= 0.3 is 5.97 Å². The molecule has 0 aliphatic heterocycles. The summed E-state index contributed by atoms with van der Waals surface area (Å²) in [5, 5.41) is 14.5. The van der Waals surface area contributed by atoms with Crippen molar-refractivity contribution in [3.05, 3.63) is 29.8 Å². The molecule has 19 heavy (non-hydrogen) atoms. The van der Waals surface area contributed by atoms with Gasteiger partial charge in [0.1, 0.15) is 11.3 Å². The highest BCUT2D eigenvalue weighted by atomic mass is 16.6. The number of hydrogen-bond acceptors (Lipinski definition) is 5. The SMILES string of the molecule is CC(c1n[nH]nc1C(=O)OC(C)(C)C)n1cccn1. The number of H-pyrrole nitrogens is 1. The van der Waals surface area contributed by atoms with Crippen LogP contribution >= 0.6 is 0 Å². The number of nitrogens with zero attached hydrogens (tertiary/aromatic N) is 4. The van der Waals surface area contributed by atoms with Crippen LogP contribution in [-0.4, -0.2) is 36.8 Å². The van der Waals surface area contributed by atoms with Crippen LogP contribution in [0.4, 0.5) is 0 Å². The lowest BCUT2D eigenvalue weighted by Gasteiger charge is -2.19. The van der Waals surface area contributed by atoms with Gasteiger partial charge in [0.15, 0.2) is 5.69 Å². The molecule has 1 N–H and O–H groups in total. The first-order chi connectivity index (χ1) is 8.88. The summed E-state index contributed by atoms with van der Waals surface area (Å²) in [6.07, 6.45) is 3.47. The largest absolute Gasteiger partial charge is 0.455 e. The fourth-order valence-corrected chi connectivity index (χ4v) is 1.64. The number of carbonyl (C=O) groups is 1. The van der Waals surface area contributed by atoms with E-state index in [0.717, 1.165) is 0 Å². The molecule has 2 rings (SSSR count). The summed E-state index contributed by atoms with van der Waals surface area (Å²) in [5.41, 5.74) is 0.137. The lowest BCUT2D eigenvalue weighted by molar-refractivity contribution is 0.00608. The van der Waals surface area contributed by atoms with Gasteiger partial charge in [-0.25, -0.2) is 4.79 Å². The summed E-state index contributed by atoms with van der Waals surface area (Å²) >= 11 is 0. The minimum absolute atomic E-state index is 0.193.